The predicted octanol–water partition coefficient (Wildman–Crippen LogP) is 1.50. The molecule has 2 fully saturated rings. The quantitative estimate of drug-likeness (QED) is 0.794. The summed E-state index contributed by atoms with van der Waals surface area (Å²) in [5, 5.41) is 7.83. The van der Waals surface area contributed by atoms with Gasteiger partial charge in [-0.2, -0.15) is 5.10 Å². The fraction of sp³-hybridized carbons (Fsp3) is 0.818. The van der Waals surface area contributed by atoms with E-state index in [1.165, 1.54) is 25.7 Å². The van der Waals surface area contributed by atoms with Gasteiger partial charge in [0, 0.05) is 6.04 Å². The van der Waals surface area contributed by atoms with Crippen LogP contribution in [0.4, 0.5) is 0 Å². The van der Waals surface area contributed by atoms with Crippen LogP contribution in [0.2, 0.25) is 0 Å². The molecule has 82 valence electrons. The number of nitrogens with zero attached hydrogens (tertiary/aromatic N) is 3. The van der Waals surface area contributed by atoms with Gasteiger partial charge in [0.1, 0.15) is 12.2 Å². The summed E-state index contributed by atoms with van der Waals surface area (Å²) in [5.74, 6) is 1.94. The first kappa shape index (κ1) is 9.33. The van der Waals surface area contributed by atoms with Crippen molar-refractivity contribution < 1.29 is 0 Å². The topological polar surface area (TPSA) is 42.7 Å². The molecule has 0 amide bonds. The Hall–Kier alpha value is -0.900. The van der Waals surface area contributed by atoms with Crippen molar-refractivity contribution >= 4 is 0 Å². The van der Waals surface area contributed by atoms with E-state index in [9.17, 15) is 0 Å². The van der Waals surface area contributed by atoms with Gasteiger partial charge in [0.15, 0.2) is 0 Å². The maximum absolute atomic E-state index is 4.34. The van der Waals surface area contributed by atoms with E-state index in [1.807, 2.05) is 0 Å². The van der Waals surface area contributed by atoms with Crippen LogP contribution in [-0.4, -0.2) is 20.8 Å². The first-order valence-corrected chi connectivity index (χ1v) is 5.96. The summed E-state index contributed by atoms with van der Waals surface area (Å²) >= 11 is 0. The van der Waals surface area contributed by atoms with E-state index < -0.39 is 0 Å². The van der Waals surface area contributed by atoms with E-state index >= 15 is 0 Å². The zero-order chi connectivity index (χ0) is 10.3. The summed E-state index contributed by atoms with van der Waals surface area (Å²) in [5.41, 5.74) is 0. The monoisotopic (exact) mass is 206 g/mol. The molecule has 0 bridgehead atoms. The molecule has 1 unspecified atom stereocenters. The lowest BCUT2D eigenvalue weighted by Gasteiger charge is -2.13. The van der Waals surface area contributed by atoms with Crippen molar-refractivity contribution in [2.75, 3.05) is 0 Å². The number of rotatable bonds is 5. The Morgan fingerprint density at radius 1 is 1.47 bits per heavy atom. The number of hydrogen-bond acceptors (Lipinski definition) is 3. The van der Waals surface area contributed by atoms with Gasteiger partial charge in [0.25, 0.3) is 0 Å². The van der Waals surface area contributed by atoms with E-state index in [4.69, 9.17) is 0 Å². The summed E-state index contributed by atoms with van der Waals surface area (Å²) < 4.78 is 2.10. The van der Waals surface area contributed by atoms with Crippen molar-refractivity contribution in [1.82, 2.24) is 20.1 Å². The lowest BCUT2D eigenvalue weighted by molar-refractivity contribution is 0.415. The minimum absolute atomic E-state index is 0.531. The normalized spacial score (nSPS) is 23.0. The first-order chi connectivity index (χ1) is 7.34. The van der Waals surface area contributed by atoms with Gasteiger partial charge in [-0.15, -0.1) is 0 Å². The standard InChI is InChI=1S/C11H18N4/c1-8(9-2-3-9)15-11(13-7-14-15)6-12-10-4-5-10/h7-10,12H,2-6H2,1H3. The van der Waals surface area contributed by atoms with Gasteiger partial charge in [0.05, 0.1) is 12.6 Å². The highest BCUT2D eigenvalue weighted by atomic mass is 15.4. The van der Waals surface area contributed by atoms with Crippen molar-refractivity contribution in [3.05, 3.63) is 12.2 Å². The average Bonchev–Trinajstić information content (AvgIpc) is 3.13. The maximum atomic E-state index is 4.34. The van der Waals surface area contributed by atoms with E-state index in [0.29, 0.717) is 6.04 Å². The molecule has 1 aromatic rings. The van der Waals surface area contributed by atoms with Gasteiger partial charge in [-0.1, -0.05) is 0 Å². The SMILES string of the molecule is CC(C1CC1)n1ncnc1CNC1CC1. The molecule has 3 rings (SSSR count). The van der Waals surface area contributed by atoms with Crippen molar-refractivity contribution in [2.45, 2.75) is 51.2 Å². The minimum atomic E-state index is 0.531. The lowest BCUT2D eigenvalue weighted by Crippen LogP contribution is -2.21. The van der Waals surface area contributed by atoms with Crippen molar-refractivity contribution in [3.63, 3.8) is 0 Å². The predicted molar refractivity (Wildman–Crippen MR) is 57.3 cm³/mol. The molecular formula is C11H18N4. The summed E-state index contributed by atoms with van der Waals surface area (Å²) in [6.45, 7) is 3.13. The van der Waals surface area contributed by atoms with Crippen LogP contribution >= 0.6 is 0 Å². The Bertz CT molecular complexity index is 338. The van der Waals surface area contributed by atoms with Gasteiger partial charge in [-0.25, -0.2) is 9.67 Å². The third-order valence-corrected chi connectivity index (χ3v) is 3.46. The van der Waals surface area contributed by atoms with Crippen LogP contribution in [0.3, 0.4) is 0 Å². The van der Waals surface area contributed by atoms with Gasteiger partial charge >= 0.3 is 0 Å². The van der Waals surface area contributed by atoms with Gasteiger partial charge in [-0.3, -0.25) is 0 Å². The number of hydrogen-bond donors (Lipinski definition) is 1. The Morgan fingerprint density at radius 3 is 2.93 bits per heavy atom. The molecule has 0 saturated heterocycles. The molecule has 4 heteroatoms. The van der Waals surface area contributed by atoms with Gasteiger partial charge < -0.3 is 5.32 Å². The van der Waals surface area contributed by atoms with Crippen molar-refractivity contribution in [1.29, 1.82) is 0 Å². The van der Waals surface area contributed by atoms with Crippen LogP contribution in [0.1, 0.15) is 44.5 Å². The summed E-state index contributed by atoms with van der Waals surface area (Å²) in [6.07, 6.45) is 7.05. The molecule has 2 saturated carbocycles. The molecule has 2 aliphatic rings. The molecule has 1 N–H and O–H groups in total. The molecule has 0 spiro atoms. The number of aromatic nitrogens is 3. The second-order valence-corrected chi connectivity index (χ2v) is 4.85. The molecule has 1 atom stereocenters. The van der Waals surface area contributed by atoms with Crippen molar-refractivity contribution in [3.8, 4) is 0 Å². The van der Waals surface area contributed by atoms with Gasteiger partial charge in [0.2, 0.25) is 0 Å². The number of nitrogens with one attached hydrogen (secondary N) is 1. The lowest BCUT2D eigenvalue weighted by atomic mass is 10.2. The maximum Gasteiger partial charge on any atom is 0.141 e. The average molecular weight is 206 g/mol. The Balaban J connectivity index is 1.66. The van der Waals surface area contributed by atoms with Crippen molar-refractivity contribution in [2.24, 2.45) is 5.92 Å². The molecule has 0 aliphatic heterocycles. The Morgan fingerprint density at radius 2 is 2.27 bits per heavy atom. The summed E-state index contributed by atoms with van der Waals surface area (Å²) in [6, 6.07) is 1.27. The molecule has 2 aliphatic carbocycles. The Kier molecular flexibility index (Phi) is 2.24. The zero-order valence-electron chi connectivity index (χ0n) is 9.19. The summed E-state index contributed by atoms with van der Waals surface area (Å²) in [4.78, 5) is 4.34. The summed E-state index contributed by atoms with van der Waals surface area (Å²) in [7, 11) is 0. The van der Waals surface area contributed by atoms with Crippen LogP contribution in [0, 0.1) is 5.92 Å². The van der Waals surface area contributed by atoms with Crippen LogP contribution < -0.4 is 5.32 Å². The second-order valence-electron chi connectivity index (χ2n) is 4.85. The van der Waals surface area contributed by atoms with Crippen LogP contribution in [0.25, 0.3) is 0 Å². The zero-order valence-corrected chi connectivity index (χ0v) is 9.19. The van der Waals surface area contributed by atoms with Gasteiger partial charge in [-0.05, 0) is 38.5 Å². The third kappa shape index (κ3) is 2.04. The van der Waals surface area contributed by atoms with Crippen LogP contribution in [0.5, 0.6) is 0 Å². The smallest absolute Gasteiger partial charge is 0.141 e. The fourth-order valence-electron chi connectivity index (χ4n) is 2.04. The molecule has 0 aromatic carbocycles. The molecular weight excluding hydrogens is 188 g/mol. The minimum Gasteiger partial charge on any atom is -0.307 e. The van der Waals surface area contributed by atoms with E-state index in [0.717, 1.165) is 24.3 Å². The largest absolute Gasteiger partial charge is 0.307 e. The highest BCUT2D eigenvalue weighted by Gasteiger charge is 2.31. The first-order valence-electron chi connectivity index (χ1n) is 5.96. The highest BCUT2D eigenvalue weighted by molar-refractivity contribution is 4.93. The second kappa shape index (κ2) is 3.59. The molecule has 1 aromatic heterocycles. The van der Waals surface area contributed by atoms with E-state index in [-0.39, 0.29) is 0 Å². The highest BCUT2D eigenvalue weighted by Crippen LogP contribution is 2.39. The molecule has 4 nitrogen and oxygen atoms in total. The van der Waals surface area contributed by atoms with Crippen LogP contribution in [-0.2, 0) is 6.54 Å². The van der Waals surface area contributed by atoms with E-state index in [2.05, 4.69) is 27.0 Å². The van der Waals surface area contributed by atoms with E-state index in [1.54, 1.807) is 6.33 Å². The fourth-order valence-corrected chi connectivity index (χ4v) is 2.04. The molecule has 15 heavy (non-hydrogen) atoms. The third-order valence-electron chi connectivity index (χ3n) is 3.46. The van der Waals surface area contributed by atoms with Crippen LogP contribution in [0.15, 0.2) is 6.33 Å². The molecule has 0 radical (unpaired) electrons. The Labute approximate surface area is 90.1 Å². The molecule has 1 heterocycles.